The van der Waals surface area contributed by atoms with Crippen LogP contribution in [-0.4, -0.2) is 19.3 Å². The lowest BCUT2D eigenvalue weighted by molar-refractivity contribution is 0.332. The molecule has 3 nitrogen and oxygen atoms in total. The second-order valence-corrected chi connectivity index (χ2v) is 11.5. The van der Waals surface area contributed by atoms with Crippen LogP contribution in [0.5, 0.6) is 0 Å². The van der Waals surface area contributed by atoms with Gasteiger partial charge in [-0.15, -0.1) is 0 Å². The van der Waals surface area contributed by atoms with E-state index >= 15 is 0 Å². The zero-order valence-corrected chi connectivity index (χ0v) is 19.3. The molecule has 0 unspecified atom stereocenters. The Balaban J connectivity index is 1.80. The summed E-state index contributed by atoms with van der Waals surface area (Å²) in [6, 6.07) is 11.6. The minimum absolute atomic E-state index is 0.0840. The van der Waals surface area contributed by atoms with E-state index in [1.807, 2.05) is 0 Å². The molecule has 1 aliphatic carbocycles. The van der Waals surface area contributed by atoms with Crippen molar-refractivity contribution in [1.82, 2.24) is 0 Å². The van der Waals surface area contributed by atoms with E-state index in [1.54, 1.807) is 5.56 Å². The fourth-order valence-corrected chi connectivity index (χ4v) is 5.73. The zero-order valence-electron chi connectivity index (χ0n) is 19.3. The molecule has 0 aromatic heterocycles. The highest BCUT2D eigenvalue weighted by Gasteiger charge is 2.45. The molecule has 0 bridgehead atoms. The molecule has 3 heteroatoms. The van der Waals surface area contributed by atoms with Crippen molar-refractivity contribution in [3.63, 3.8) is 0 Å². The lowest BCUT2D eigenvalue weighted by Crippen LogP contribution is -2.43. The van der Waals surface area contributed by atoms with Crippen LogP contribution in [0.15, 0.2) is 30.3 Å². The van der Waals surface area contributed by atoms with Crippen molar-refractivity contribution in [2.75, 3.05) is 28.4 Å². The molecule has 154 valence electrons. The largest absolute Gasteiger partial charge is 0.347 e. The minimum atomic E-state index is 0.0840. The number of rotatable bonds is 0. The number of hydrogen-bond acceptors (Lipinski definition) is 3. The molecule has 2 aromatic carbocycles. The molecule has 0 radical (unpaired) electrons. The first-order chi connectivity index (χ1) is 13.4. The molecule has 0 saturated heterocycles. The summed E-state index contributed by atoms with van der Waals surface area (Å²) in [4.78, 5) is 7.57. The molecule has 0 atom stereocenters. The van der Waals surface area contributed by atoms with Gasteiger partial charge in [0.1, 0.15) is 0 Å². The lowest BCUT2D eigenvalue weighted by Gasteiger charge is -2.47. The van der Waals surface area contributed by atoms with Gasteiger partial charge >= 0.3 is 0 Å². The topological polar surface area (TPSA) is 9.72 Å². The minimum Gasteiger partial charge on any atom is -0.347 e. The average molecular weight is 390 g/mol. The number of anilines is 5. The molecule has 0 saturated carbocycles. The van der Waals surface area contributed by atoms with Crippen LogP contribution in [0.4, 0.5) is 28.4 Å². The van der Waals surface area contributed by atoms with Gasteiger partial charge in [0.05, 0.1) is 35.1 Å². The summed E-state index contributed by atoms with van der Waals surface area (Å²) in [6.45, 7) is 17.6. The highest BCUT2D eigenvalue weighted by atomic mass is 15.4. The first-order valence-electron chi connectivity index (χ1n) is 11.0. The number of hydrogen-bond donors (Lipinski definition) is 0. The quantitative estimate of drug-likeness (QED) is 0.489. The van der Waals surface area contributed by atoms with E-state index in [9.17, 15) is 0 Å². The summed E-state index contributed by atoms with van der Waals surface area (Å²) in [5, 5.41) is 0. The van der Waals surface area contributed by atoms with Crippen molar-refractivity contribution in [1.29, 1.82) is 0 Å². The Kier molecular flexibility index (Phi) is 3.57. The standard InChI is InChI=1S/C26H35N3/c1-24(2,3)29-16-28-19-13-12-17-21(26(6,7)15-14-25(17,4)5)23(19)27(8)18-10-9-11-20(29)22(18)28/h9-13H,14-16H2,1-8H3. The molecular weight excluding hydrogens is 354 g/mol. The molecule has 2 aromatic rings. The first kappa shape index (κ1) is 18.8. The monoisotopic (exact) mass is 389 g/mol. The van der Waals surface area contributed by atoms with Crippen LogP contribution in [0.25, 0.3) is 0 Å². The molecular formula is C26H35N3. The van der Waals surface area contributed by atoms with E-state index in [1.165, 1.54) is 46.8 Å². The molecule has 2 heterocycles. The van der Waals surface area contributed by atoms with Gasteiger partial charge in [-0.1, -0.05) is 39.8 Å². The van der Waals surface area contributed by atoms with Crippen molar-refractivity contribution < 1.29 is 0 Å². The Bertz CT molecular complexity index is 1010. The highest BCUT2D eigenvalue weighted by Crippen LogP contribution is 2.60. The maximum Gasteiger partial charge on any atom is 0.0959 e. The fourth-order valence-electron chi connectivity index (χ4n) is 5.73. The van der Waals surface area contributed by atoms with Crippen molar-refractivity contribution in [2.45, 2.75) is 77.7 Å². The van der Waals surface area contributed by atoms with Crippen LogP contribution in [0.3, 0.4) is 0 Å². The van der Waals surface area contributed by atoms with Gasteiger partial charge in [-0.3, -0.25) is 0 Å². The van der Waals surface area contributed by atoms with Crippen LogP contribution in [0.1, 0.15) is 72.4 Å². The van der Waals surface area contributed by atoms with Crippen molar-refractivity contribution in [2.24, 2.45) is 0 Å². The number of para-hydroxylation sites is 1. The fraction of sp³-hybridized carbons (Fsp3) is 0.538. The van der Waals surface area contributed by atoms with Gasteiger partial charge in [0.15, 0.2) is 0 Å². The van der Waals surface area contributed by atoms with Gasteiger partial charge in [0.2, 0.25) is 0 Å². The summed E-state index contributed by atoms with van der Waals surface area (Å²) in [6.07, 6.45) is 2.48. The third-order valence-corrected chi connectivity index (χ3v) is 7.57. The second-order valence-electron chi connectivity index (χ2n) is 11.5. The van der Waals surface area contributed by atoms with E-state index in [2.05, 4.69) is 101 Å². The summed E-state index contributed by atoms with van der Waals surface area (Å²) in [5.41, 5.74) is 10.4. The highest BCUT2D eigenvalue weighted by molar-refractivity contribution is 6.02. The van der Waals surface area contributed by atoms with Crippen molar-refractivity contribution >= 4 is 28.4 Å². The zero-order chi connectivity index (χ0) is 20.9. The van der Waals surface area contributed by atoms with Crippen LogP contribution < -0.4 is 14.7 Å². The molecule has 29 heavy (non-hydrogen) atoms. The van der Waals surface area contributed by atoms with Crippen molar-refractivity contribution in [3.8, 4) is 0 Å². The predicted octanol–water partition coefficient (Wildman–Crippen LogP) is 6.83. The van der Waals surface area contributed by atoms with E-state index in [-0.39, 0.29) is 16.4 Å². The Morgan fingerprint density at radius 1 is 0.793 bits per heavy atom. The summed E-state index contributed by atoms with van der Waals surface area (Å²) in [7, 11) is 2.27. The smallest absolute Gasteiger partial charge is 0.0959 e. The number of benzene rings is 2. The van der Waals surface area contributed by atoms with Gasteiger partial charge in [-0.05, 0) is 73.8 Å². The normalized spacial score (nSPS) is 21.0. The molecule has 5 rings (SSSR count). The maximum absolute atomic E-state index is 2.56. The van der Waals surface area contributed by atoms with Gasteiger partial charge in [0, 0.05) is 12.6 Å². The summed E-state index contributed by atoms with van der Waals surface area (Å²) in [5.74, 6) is 0. The lowest BCUT2D eigenvalue weighted by atomic mass is 9.62. The maximum atomic E-state index is 2.56. The Labute approximate surface area is 176 Å². The molecule has 0 amide bonds. The SMILES string of the molecule is CN1c2cccc3c2N(CN3C(C)(C)C)c2ccc3c(c21)C(C)(C)CCC3(C)C. The second kappa shape index (κ2) is 5.50. The molecule has 0 spiro atoms. The summed E-state index contributed by atoms with van der Waals surface area (Å²) < 4.78 is 0. The van der Waals surface area contributed by atoms with Crippen LogP contribution in [0.2, 0.25) is 0 Å². The predicted molar refractivity (Wildman–Crippen MR) is 125 cm³/mol. The first-order valence-corrected chi connectivity index (χ1v) is 11.0. The Morgan fingerprint density at radius 3 is 2.14 bits per heavy atom. The molecule has 0 fully saturated rings. The van der Waals surface area contributed by atoms with E-state index < -0.39 is 0 Å². The molecule has 3 aliphatic rings. The third-order valence-electron chi connectivity index (χ3n) is 7.57. The van der Waals surface area contributed by atoms with E-state index in [0.29, 0.717) is 0 Å². The molecule has 0 N–H and O–H groups in total. The third kappa shape index (κ3) is 2.42. The van der Waals surface area contributed by atoms with Gasteiger partial charge < -0.3 is 14.7 Å². The van der Waals surface area contributed by atoms with E-state index in [0.717, 1.165) is 6.67 Å². The van der Waals surface area contributed by atoms with Gasteiger partial charge in [-0.2, -0.15) is 0 Å². The van der Waals surface area contributed by atoms with Crippen LogP contribution >= 0.6 is 0 Å². The van der Waals surface area contributed by atoms with Crippen molar-refractivity contribution in [3.05, 3.63) is 41.5 Å². The van der Waals surface area contributed by atoms with Crippen LogP contribution in [-0.2, 0) is 10.8 Å². The average Bonchev–Trinajstić information content (AvgIpc) is 3.04. The molecule has 2 aliphatic heterocycles. The Hall–Kier alpha value is -2.16. The number of nitrogens with zero attached hydrogens (tertiary/aromatic N) is 3. The van der Waals surface area contributed by atoms with Gasteiger partial charge in [-0.25, -0.2) is 0 Å². The van der Waals surface area contributed by atoms with Crippen LogP contribution in [0, 0.1) is 0 Å². The number of fused-ring (bicyclic) bond motifs is 4. The Morgan fingerprint density at radius 2 is 1.45 bits per heavy atom. The van der Waals surface area contributed by atoms with Gasteiger partial charge in [0.25, 0.3) is 0 Å². The van der Waals surface area contributed by atoms with E-state index in [4.69, 9.17) is 0 Å². The summed E-state index contributed by atoms with van der Waals surface area (Å²) >= 11 is 0.